The molecule has 1 saturated carbocycles. The number of carbonyl (C=O) groups is 1. The molecule has 1 aromatic carbocycles. The van der Waals surface area contributed by atoms with Gasteiger partial charge in [-0.3, -0.25) is 4.79 Å². The number of rotatable bonds is 5. The number of hydrogen-bond donors (Lipinski definition) is 1. The van der Waals surface area contributed by atoms with Crippen LogP contribution in [0.3, 0.4) is 0 Å². The Hall–Kier alpha value is -1.59. The van der Waals surface area contributed by atoms with Crippen LogP contribution in [0.5, 0.6) is 5.75 Å². The summed E-state index contributed by atoms with van der Waals surface area (Å²) in [4.78, 5) is 12.2. The number of hydrogen-bond acceptors (Lipinski definition) is 4. The lowest BCUT2D eigenvalue weighted by molar-refractivity contribution is -0.182. The third-order valence-corrected chi connectivity index (χ3v) is 4.65. The maximum Gasteiger partial charge on any atom is 0.220 e. The molecule has 1 aromatic rings. The molecule has 23 heavy (non-hydrogen) atoms. The number of ether oxygens (including phenoxy) is 3. The van der Waals surface area contributed by atoms with Crippen LogP contribution in [-0.4, -0.2) is 38.1 Å². The van der Waals surface area contributed by atoms with Crippen LogP contribution in [0.25, 0.3) is 0 Å². The van der Waals surface area contributed by atoms with Crippen LogP contribution in [0.2, 0.25) is 0 Å². The van der Waals surface area contributed by atoms with E-state index in [4.69, 9.17) is 14.2 Å². The van der Waals surface area contributed by atoms with Gasteiger partial charge in [0.15, 0.2) is 5.79 Å². The van der Waals surface area contributed by atoms with E-state index < -0.39 is 5.79 Å². The van der Waals surface area contributed by atoms with Crippen LogP contribution >= 0.6 is 0 Å². The van der Waals surface area contributed by atoms with Gasteiger partial charge in [0.1, 0.15) is 5.75 Å². The van der Waals surface area contributed by atoms with Gasteiger partial charge in [-0.25, -0.2) is 0 Å². The Morgan fingerprint density at radius 2 is 2.04 bits per heavy atom. The first kappa shape index (κ1) is 16.3. The van der Waals surface area contributed by atoms with Crippen molar-refractivity contribution in [1.82, 2.24) is 5.32 Å². The summed E-state index contributed by atoms with van der Waals surface area (Å²) in [5.74, 6) is 0.495. The molecular weight excluding hydrogens is 294 g/mol. The van der Waals surface area contributed by atoms with E-state index in [-0.39, 0.29) is 11.9 Å². The molecule has 5 nitrogen and oxygen atoms in total. The lowest BCUT2D eigenvalue weighted by Gasteiger charge is -2.36. The van der Waals surface area contributed by atoms with E-state index in [0.717, 1.165) is 43.4 Å². The highest BCUT2D eigenvalue weighted by atomic mass is 16.7. The maximum atomic E-state index is 12.2. The Morgan fingerprint density at radius 1 is 1.30 bits per heavy atom. The van der Waals surface area contributed by atoms with Crippen molar-refractivity contribution in [3.63, 3.8) is 0 Å². The van der Waals surface area contributed by atoms with Gasteiger partial charge in [-0.05, 0) is 37.0 Å². The van der Waals surface area contributed by atoms with Crippen molar-refractivity contribution in [2.45, 2.75) is 50.4 Å². The summed E-state index contributed by atoms with van der Waals surface area (Å²) in [5.41, 5.74) is 1.14. The molecule has 1 N–H and O–H groups in total. The molecule has 2 aliphatic rings. The Balaban J connectivity index is 1.45. The molecule has 0 aromatic heterocycles. The summed E-state index contributed by atoms with van der Waals surface area (Å²) < 4.78 is 16.7. The summed E-state index contributed by atoms with van der Waals surface area (Å²) in [6, 6.07) is 8.01. The van der Waals surface area contributed by atoms with E-state index in [9.17, 15) is 4.79 Å². The molecule has 1 atom stereocenters. The number of carbonyl (C=O) groups excluding carboxylic acids is 1. The number of aryl methyl sites for hydroxylation is 1. The molecule has 0 bridgehead atoms. The van der Waals surface area contributed by atoms with Gasteiger partial charge in [0.25, 0.3) is 0 Å². The highest BCUT2D eigenvalue weighted by Gasteiger charge is 2.41. The van der Waals surface area contributed by atoms with Gasteiger partial charge >= 0.3 is 0 Å². The quantitative estimate of drug-likeness (QED) is 0.905. The van der Waals surface area contributed by atoms with Crippen LogP contribution in [-0.2, 0) is 20.7 Å². The molecular formula is C18H25NO4. The third kappa shape index (κ3) is 4.24. The molecule has 0 unspecified atom stereocenters. The fourth-order valence-electron chi connectivity index (χ4n) is 3.43. The van der Waals surface area contributed by atoms with Gasteiger partial charge < -0.3 is 19.5 Å². The van der Waals surface area contributed by atoms with Gasteiger partial charge in [-0.1, -0.05) is 12.1 Å². The minimum absolute atomic E-state index is 0.0980. The van der Waals surface area contributed by atoms with Crippen LogP contribution in [0, 0.1) is 0 Å². The van der Waals surface area contributed by atoms with E-state index in [2.05, 4.69) is 5.32 Å². The fraction of sp³-hybridized carbons (Fsp3) is 0.611. The topological polar surface area (TPSA) is 56.8 Å². The zero-order chi connectivity index (χ0) is 16.1. The zero-order valence-corrected chi connectivity index (χ0v) is 13.7. The summed E-state index contributed by atoms with van der Waals surface area (Å²) in [7, 11) is 1.65. The number of benzene rings is 1. The maximum absolute atomic E-state index is 12.2. The first-order chi connectivity index (χ1) is 11.2. The molecule has 0 radical (unpaired) electrons. The SMILES string of the molecule is COc1ccc(CCC(=O)N[C@@H]2CCCC3(C2)OCCO3)cc1. The van der Waals surface area contributed by atoms with Crippen LogP contribution in [0.4, 0.5) is 0 Å². The number of amides is 1. The number of nitrogens with one attached hydrogen (secondary N) is 1. The largest absolute Gasteiger partial charge is 0.497 e. The summed E-state index contributed by atoms with van der Waals surface area (Å²) in [6.07, 6.45) is 4.97. The summed E-state index contributed by atoms with van der Waals surface area (Å²) in [6.45, 7) is 1.33. The van der Waals surface area contributed by atoms with Crippen molar-refractivity contribution in [2.24, 2.45) is 0 Å². The molecule has 1 saturated heterocycles. The predicted molar refractivity (Wildman–Crippen MR) is 86.3 cm³/mol. The normalized spacial score (nSPS) is 22.9. The molecule has 1 spiro atoms. The number of methoxy groups -OCH3 is 1. The summed E-state index contributed by atoms with van der Waals surface area (Å²) in [5, 5.41) is 3.14. The van der Waals surface area contributed by atoms with Crippen molar-refractivity contribution in [3.8, 4) is 5.75 Å². The zero-order valence-electron chi connectivity index (χ0n) is 13.7. The van der Waals surface area contributed by atoms with E-state index >= 15 is 0 Å². The van der Waals surface area contributed by atoms with Gasteiger partial charge in [-0.15, -0.1) is 0 Å². The van der Waals surface area contributed by atoms with Crippen LogP contribution in [0.1, 0.15) is 37.7 Å². The standard InChI is InChI=1S/C18H25NO4/c1-21-16-7-4-14(5-8-16)6-9-17(20)19-15-3-2-10-18(13-15)22-11-12-23-18/h4-5,7-8,15H,2-3,6,9-13H2,1H3,(H,19,20)/t15-/m1/s1. The minimum atomic E-state index is -0.438. The second-order valence-electron chi connectivity index (χ2n) is 6.32. The van der Waals surface area contributed by atoms with Crippen molar-refractivity contribution < 1.29 is 19.0 Å². The van der Waals surface area contributed by atoms with Gasteiger partial charge in [0.2, 0.25) is 5.91 Å². The van der Waals surface area contributed by atoms with Gasteiger partial charge in [0, 0.05) is 25.3 Å². The average molecular weight is 319 g/mol. The Morgan fingerprint density at radius 3 is 2.74 bits per heavy atom. The molecule has 1 heterocycles. The second kappa shape index (κ2) is 7.32. The predicted octanol–water partition coefficient (Wildman–Crippen LogP) is 2.43. The van der Waals surface area contributed by atoms with Crippen LogP contribution < -0.4 is 10.1 Å². The summed E-state index contributed by atoms with van der Waals surface area (Å²) >= 11 is 0. The van der Waals surface area contributed by atoms with E-state index in [1.807, 2.05) is 24.3 Å². The molecule has 5 heteroatoms. The van der Waals surface area contributed by atoms with Crippen molar-refractivity contribution in [1.29, 1.82) is 0 Å². The lowest BCUT2D eigenvalue weighted by Crippen LogP contribution is -2.46. The van der Waals surface area contributed by atoms with Crippen molar-refractivity contribution >= 4 is 5.91 Å². The van der Waals surface area contributed by atoms with Gasteiger partial charge in [0.05, 0.1) is 20.3 Å². The Kier molecular flexibility index (Phi) is 5.18. The lowest BCUT2D eigenvalue weighted by atomic mass is 9.89. The first-order valence-electron chi connectivity index (χ1n) is 8.39. The van der Waals surface area contributed by atoms with E-state index in [1.54, 1.807) is 7.11 Å². The average Bonchev–Trinajstić information content (AvgIpc) is 3.01. The monoisotopic (exact) mass is 319 g/mol. The Labute approximate surface area is 137 Å². The van der Waals surface area contributed by atoms with Crippen molar-refractivity contribution in [3.05, 3.63) is 29.8 Å². The molecule has 3 rings (SSSR count). The minimum Gasteiger partial charge on any atom is -0.497 e. The fourth-order valence-corrected chi connectivity index (χ4v) is 3.43. The molecule has 1 aliphatic carbocycles. The Bertz CT molecular complexity index is 522. The van der Waals surface area contributed by atoms with E-state index in [1.165, 1.54) is 0 Å². The third-order valence-electron chi connectivity index (χ3n) is 4.65. The highest BCUT2D eigenvalue weighted by molar-refractivity contribution is 5.76. The molecule has 126 valence electrons. The first-order valence-corrected chi connectivity index (χ1v) is 8.39. The molecule has 2 fully saturated rings. The smallest absolute Gasteiger partial charge is 0.220 e. The molecule has 1 aliphatic heterocycles. The second-order valence-corrected chi connectivity index (χ2v) is 6.32. The van der Waals surface area contributed by atoms with Crippen molar-refractivity contribution in [2.75, 3.05) is 20.3 Å². The van der Waals surface area contributed by atoms with E-state index in [0.29, 0.717) is 19.6 Å². The highest BCUT2D eigenvalue weighted by Crippen LogP contribution is 2.35. The molecule has 1 amide bonds. The van der Waals surface area contributed by atoms with Gasteiger partial charge in [-0.2, -0.15) is 0 Å². The van der Waals surface area contributed by atoms with Crippen LogP contribution in [0.15, 0.2) is 24.3 Å².